The summed E-state index contributed by atoms with van der Waals surface area (Å²) in [4.78, 5) is 20.0. The van der Waals surface area contributed by atoms with Crippen LogP contribution in [0.25, 0.3) is 0 Å². The van der Waals surface area contributed by atoms with E-state index in [-0.39, 0.29) is 12.5 Å². The molecule has 2 rings (SSSR count). The molecule has 1 aromatic heterocycles. The Bertz CT molecular complexity index is 777. The molecule has 1 heterocycles. The van der Waals surface area contributed by atoms with E-state index in [1.165, 1.54) is 4.88 Å². The van der Waals surface area contributed by atoms with Gasteiger partial charge in [-0.15, -0.1) is 17.8 Å². The Balaban J connectivity index is 1.91. The molecule has 6 heteroatoms. The quantitative estimate of drug-likeness (QED) is 0.449. The highest BCUT2D eigenvalue weighted by atomic mass is 32.1. The minimum absolute atomic E-state index is 0.0476. The van der Waals surface area contributed by atoms with Crippen molar-refractivity contribution in [3.8, 4) is 12.3 Å². The summed E-state index contributed by atoms with van der Waals surface area (Å²) in [6.45, 7) is 3.63. The van der Waals surface area contributed by atoms with Crippen molar-refractivity contribution in [1.29, 1.82) is 0 Å². The molecule has 0 aliphatic heterocycles. The normalized spacial score (nSPS) is 10.9. The van der Waals surface area contributed by atoms with Gasteiger partial charge in [-0.05, 0) is 43.0 Å². The fourth-order valence-electron chi connectivity index (χ4n) is 2.34. The molecule has 0 saturated carbocycles. The zero-order chi connectivity index (χ0) is 18.8. The third-order valence-corrected chi connectivity index (χ3v) is 4.59. The fourth-order valence-corrected chi connectivity index (χ4v) is 3.04. The summed E-state index contributed by atoms with van der Waals surface area (Å²) in [5.74, 6) is 3.09. The Kier molecular flexibility index (Phi) is 7.72. The molecular formula is C20H24N4OS. The largest absolute Gasteiger partial charge is 0.357 e. The van der Waals surface area contributed by atoms with E-state index in [4.69, 9.17) is 6.42 Å². The van der Waals surface area contributed by atoms with E-state index in [1.54, 1.807) is 23.5 Å². The van der Waals surface area contributed by atoms with Crippen LogP contribution in [0.15, 0.2) is 46.8 Å². The number of amides is 1. The van der Waals surface area contributed by atoms with E-state index in [0.29, 0.717) is 5.69 Å². The van der Waals surface area contributed by atoms with Crippen molar-refractivity contribution in [1.82, 2.24) is 10.2 Å². The maximum Gasteiger partial charge on any atom is 0.246 e. The summed E-state index contributed by atoms with van der Waals surface area (Å²) in [6, 6.07) is 11.4. The number of nitrogens with one attached hydrogen (secondary N) is 2. The van der Waals surface area contributed by atoms with Gasteiger partial charge in [-0.1, -0.05) is 18.1 Å². The highest BCUT2D eigenvalue weighted by molar-refractivity contribution is 7.09. The number of hydrogen-bond acceptors (Lipinski definition) is 3. The zero-order valence-electron chi connectivity index (χ0n) is 15.2. The minimum Gasteiger partial charge on any atom is -0.357 e. The van der Waals surface area contributed by atoms with Crippen LogP contribution in [-0.2, 0) is 11.2 Å². The average molecular weight is 369 g/mol. The number of guanidine groups is 1. The minimum atomic E-state index is -0.179. The van der Waals surface area contributed by atoms with Crippen molar-refractivity contribution in [3.05, 3.63) is 52.2 Å². The molecule has 1 amide bonds. The molecule has 2 N–H and O–H groups in total. The predicted molar refractivity (Wildman–Crippen MR) is 110 cm³/mol. The molecular weight excluding hydrogens is 344 g/mol. The Morgan fingerprint density at radius 3 is 2.88 bits per heavy atom. The number of aliphatic imine (C=N–C) groups is 1. The molecule has 0 fully saturated rings. The van der Waals surface area contributed by atoms with Crippen LogP contribution in [0.3, 0.4) is 0 Å². The van der Waals surface area contributed by atoms with Gasteiger partial charge in [0.15, 0.2) is 5.96 Å². The van der Waals surface area contributed by atoms with Gasteiger partial charge in [0.1, 0.15) is 6.54 Å². The lowest BCUT2D eigenvalue weighted by Crippen LogP contribution is -2.40. The molecule has 1 aromatic carbocycles. The molecule has 0 saturated heterocycles. The zero-order valence-corrected chi connectivity index (χ0v) is 16.0. The van der Waals surface area contributed by atoms with Gasteiger partial charge < -0.3 is 15.5 Å². The van der Waals surface area contributed by atoms with Crippen molar-refractivity contribution < 1.29 is 4.79 Å². The van der Waals surface area contributed by atoms with Crippen molar-refractivity contribution in [3.63, 3.8) is 0 Å². The molecule has 0 unspecified atom stereocenters. The number of thiophene rings is 1. The molecule has 0 atom stereocenters. The van der Waals surface area contributed by atoms with E-state index in [1.807, 2.05) is 31.0 Å². The van der Waals surface area contributed by atoms with Gasteiger partial charge in [-0.25, -0.2) is 4.99 Å². The Morgan fingerprint density at radius 1 is 1.35 bits per heavy atom. The monoisotopic (exact) mass is 368 g/mol. The average Bonchev–Trinajstić information content (AvgIpc) is 3.17. The first kappa shape index (κ1) is 19.5. The fraction of sp³-hybridized carbons (Fsp3) is 0.300. The van der Waals surface area contributed by atoms with Gasteiger partial charge in [0.2, 0.25) is 5.91 Å². The second kappa shape index (κ2) is 10.3. The van der Waals surface area contributed by atoms with Gasteiger partial charge in [-0.2, -0.15) is 0 Å². The van der Waals surface area contributed by atoms with E-state index in [0.717, 1.165) is 31.0 Å². The number of likely N-dealkylation sites (N-methyl/N-ethyl adjacent to an activating group) is 1. The smallest absolute Gasteiger partial charge is 0.246 e. The number of carbonyl (C=O) groups excluding carboxylic acids is 1. The first-order valence-corrected chi connectivity index (χ1v) is 9.38. The third-order valence-electron chi connectivity index (χ3n) is 3.66. The molecule has 0 radical (unpaired) electrons. The number of hydrogen-bond donors (Lipinski definition) is 2. The summed E-state index contributed by atoms with van der Waals surface area (Å²) in [6.07, 6.45) is 6.33. The molecule has 0 aliphatic rings. The summed E-state index contributed by atoms with van der Waals surface area (Å²) in [5.41, 5.74) is 1.41. The van der Waals surface area contributed by atoms with Gasteiger partial charge in [-0.3, -0.25) is 4.79 Å². The first-order valence-electron chi connectivity index (χ1n) is 8.50. The molecule has 0 aliphatic carbocycles. The van der Waals surface area contributed by atoms with Gasteiger partial charge >= 0.3 is 0 Å². The van der Waals surface area contributed by atoms with Crippen LogP contribution in [0.5, 0.6) is 0 Å². The van der Waals surface area contributed by atoms with Crippen LogP contribution in [0.1, 0.15) is 17.4 Å². The van der Waals surface area contributed by atoms with E-state index < -0.39 is 0 Å². The Hall–Kier alpha value is -2.78. The van der Waals surface area contributed by atoms with Gasteiger partial charge in [0.25, 0.3) is 0 Å². The van der Waals surface area contributed by atoms with Crippen LogP contribution in [0, 0.1) is 12.3 Å². The molecule has 0 bridgehead atoms. The molecule has 26 heavy (non-hydrogen) atoms. The number of carbonyl (C=O) groups is 1. The number of terminal acetylenes is 1. The lowest BCUT2D eigenvalue weighted by atomic mass is 10.2. The molecule has 136 valence electrons. The molecule has 0 spiro atoms. The number of rotatable bonds is 7. The van der Waals surface area contributed by atoms with Crippen molar-refractivity contribution >= 4 is 28.9 Å². The number of benzene rings is 1. The topological polar surface area (TPSA) is 56.7 Å². The highest BCUT2D eigenvalue weighted by Crippen LogP contribution is 2.10. The summed E-state index contributed by atoms with van der Waals surface area (Å²) >= 11 is 1.75. The molecule has 5 nitrogen and oxygen atoms in total. The lowest BCUT2D eigenvalue weighted by Gasteiger charge is -2.21. The number of nitrogens with zero attached hydrogens (tertiary/aromatic N) is 2. The molecule has 2 aromatic rings. The third kappa shape index (κ3) is 6.26. The Labute approximate surface area is 159 Å². The van der Waals surface area contributed by atoms with Crippen molar-refractivity contribution in [2.24, 2.45) is 4.99 Å². The maximum absolute atomic E-state index is 12.2. The first-order chi connectivity index (χ1) is 12.6. The maximum atomic E-state index is 12.2. The van der Waals surface area contributed by atoms with E-state index in [2.05, 4.69) is 39.1 Å². The summed E-state index contributed by atoms with van der Waals surface area (Å²) < 4.78 is 0. The van der Waals surface area contributed by atoms with E-state index in [9.17, 15) is 4.79 Å². The predicted octanol–water partition coefficient (Wildman–Crippen LogP) is 2.81. The van der Waals surface area contributed by atoms with Crippen LogP contribution in [0.4, 0.5) is 5.69 Å². The SMILES string of the molecule is C#Cc1cccc(NC(=O)CN=C(NCC)N(C)CCc2cccs2)c1. The summed E-state index contributed by atoms with van der Waals surface area (Å²) in [7, 11) is 1.98. The van der Waals surface area contributed by atoms with Crippen LogP contribution >= 0.6 is 11.3 Å². The number of anilines is 1. The van der Waals surface area contributed by atoms with Crippen LogP contribution in [-0.4, -0.2) is 43.4 Å². The summed E-state index contributed by atoms with van der Waals surface area (Å²) in [5, 5.41) is 8.12. The van der Waals surface area contributed by atoms with Crippen LogP contribution < -0.4 is 10.6 Å². The van der Waals surface area contributed by atoms with E-state index >= 15 is 0 Å². The van der Waals surface area contributed by atoms with Gasteiger partial charge in [0, 0.05) is 36.3 Å². The standard InChI is InChI=1S/C20H24N4OS/c1-4-16-8-6-9-17(14-16)23-19(25)15-22-20(21-5-2)24(3)12-11-18-10-7-13-26-18/h1,6-10,13-14H,5,11-12,15H2,2-3H3,(H,21,22)(H,23,25). The van der Waals surface area contributed by atoms with Crippen molar-refractivity contribution in [2.75, 3.05) is 32.0 Å². The van der Waals surface area contributed by atoms with Gasteiger partial charge in [0.05, 0.1) is 0 Å². The highest BCUT2D eigenvalue weighted by Gasteiger charge is 2.08. The lowest BCUT2D eigenvalue weighted by molar-refractivity contribution is -0.114. The van der Waals surface area contributed by atoms with Crippen LogP contribution in [0.2, 0.25) is 0 Å². The van der Waals surface area contributed by atoms with Crippen molar-refractivity contribution in [2.45, 2.75) is 13.3 Å². The second-order valence-corrected chi connectivity index (χ2v) is 6.73. The second-order valence-electron chi connectivity index (χ2n) is 5.69. The Morgan fingerprint density at radius 2 is 2.19 bits per heavy atom.